The van der Waals surface area contributed by atoms with Crippen molar-refractivity contribution in [1.29, 1.82) is 0 Å². The van der Waals surface area contributed by atoms with Crippen molar-refractivity contribution < 1.29 is 0 Å². The van der Waals surface area contributed by atoms with Crippen LogP contribution in [0.1, 0.15) is 103 Å². The summed E-state index contributed by atoms with van der Waals surface area (Å²) in [6.07, 6.45) is 19.1. The molecule has 0 saturated heterocycles. The van der Waals surface area contributed by atoms with Crippen LogP contribution in [0.2, 0.25) is 0 Å². The second-order valence-electron chi connectivity index (χ2n) is 9.61. The molecule has 2 saturated carbocycles. The smallest absolute Gasteiger partial charge is 0.227 e. The molecule has 0 radical (unpaired) electrons. The van der Waals surface area contributed by atoms with E-state index >= 15 is 0 Å². The minimum Gasteiger partial charge on any atom is -0.368 e. The average Bonchev–Trinajstić information content (AvgIpc) is 3.44. The van der Waals surface area contributed by atoms with Crippen LogP contribution in [0.3, 0.4) is 0 Å². The maximum atomic E-state index is 6.09. The van der Waals surface area contributed by atoms with Crippen LogP contribution in [0.4, 0.5) is 11.8 Å². The Morgan fingerprint density at radius 3 is 2.36 bits per heavy atom. The first kappa shape index (κ1) is 27.9. The summed E-state index contributed by atoms with van der Waals surface area (Å²) < 4.78 is 2.29. The van der Waals surface area contributed by atoms with E-state index in [1.807, 2.05) is 6.33 Å². The van der Waals surface area contributed by atoms with Crippen LogP contribution in [-0.4, -0.2) is 38.1 Å². The lowest BCUT2D eigenvalue weighted by atomic mass is 9.92. The average molecular weight is 501 g/mol. The zero-order chi connectivity index (χ0) is 21.5. The third-order valence-corrected chi connectivity index (χ3v) is 7.07. The summed E-state index contributed by atoms with van der Waals surface area (Å²) in [6.45, 7) is 3.20. The number of unbranched alkanes of at least 4 members (excludes halogenated alkanes) is 5. The number of imidazole rings is 1. The highest BCUT2D eigenvalue weighted by Crippen LogP contribution is 2.33. The van der Waals surface area contributed by atoms with Crippen molar-refractivity contribution in [2.24, 2.45) is 5.73 Å². The fourth-order valence-corrected chi connectivity index (χ4v) is 5.11. The molecule has 0 aromatic carbocycles. The Morgan fingerprint density at radius 2 is 1.64 bits per heavy atom. The highest BCUT2D eigenvalue weighted by Gasteiger charge is 2.23. The van der Waals surface area contributed by atoms with Gasteiger partial charge >= 0.3 is 0 Å². The molecule has 7 nitrogen and oxygen atoms in total. The number of rotatable bonds is 11. The van der Waals surface area contributed by atoms with Crippen LogP contribution in [0.15, 0.2) is 6.33 Å². The van der Waals surface area contributed by atoms with E-state index in [2.05, 4.69) is 22.1 Å². The summed E-state index contributed by atoms with van der Waals surface area (Å²) in [5, 5.41) is 7.19. The highest BCUT2D eigenvalue weighted by molar-refractivity contribution is 5.86. The topological polar surface area (TPSA) is 93.7 Å². The SMILES string of the molecule is CCCCCCCCNc1nc(NC2CCC(N)CC2)nc2c1ncn2C1CCCC1.Cl.Cl. The lowest BCUT2D eigenvalue weighted by Gasteiger charge is -2.27. The lowest BCUT2D eigenvalue weighted by Crippen LogP contribution is -2.33. The van der Waals surface area contributed by atoms with Crippen molar-refractivity contribution in [3.05, 3.63) is 6.33 Å². The molecule has 9 heteroatoms. The van der Waals surface area contributed by atoms with E-state index in [0.717, 1.165) is 55.2 Å². The predicted molar refractivity (Wildman–Crippen MR) is 143 cm³/mol. The molecule has 2 aliphatic carbocycles. The number of nitrogens with two attached hydrogens (primary N) is 1. The van der Waals surface area contributed by atoms with Crippen molar-refractivity contribution in [2.75, 3.05) is 17.2 Å². The molecule has 33 heavy (non-hydrogen) atoms. The van der Waals surface area contributed by atoms with Gasteiger partial charge < -0.3 is 20.9 Å². The quantitative estimate of drug-likeness (QED) is 0.316. The molecule has 0 amide bonds. The molecule has 0 spiro atoms. The fraction of sp³-hybridized carbons (Fsp3) is 0.792. The van der Waals surface area contributed by atoms with Crippen LogP contribution in [0.5, 0.6) is 0 Å². The van der Waals surface area contributed by atoms with Crippen molar-refractivity contribution in [1.82, 2.24) is 19.5 Å². The van der Waals surface area contributed by atoms with Crippen LogP contribution >= 0.6 is 24.8 Å². The number of nitrogens with one attached hydrogen (secondary N) is 2. The molecule has 4 N–H and O–H groups in total. The van der Waals surface area contributed by atoms with Gasteiger partial charge in [-0.2, -0.15) is 9.97 Å². The Labute approximate surface area is 211 Å². The second kappa shape index (κ2) is 14.2. The molecular weight excluding hydrogens is 457 g/mol. The molecule has 0 bridgehead atoms. The molecule has 0 unspecified atom stereocenters. The Hall–Kier alpha value is -1.31. The highest BCUT2D eigenvalue weighted by atomic mass is 35.5. The molecular formula is C24H43Cl2N7. The number of hydrogen-bond acceptors (Lipinski definition) is 6. The fourth-order valence-electron chi connectivity index (χ4n) is 5.11. The van der Waals surface area contributed by atoms with Gasteiger partial charge in [-0.25, -0.2) is 4.98 Å². The Bertz CT molecular complexity index is 814. The number of aromatic nitrogens is 4. The van der Waals surface area contributed by atoms with Crippen LogP contribution < -0.4 is 16.4 Å². The van der Waals surface area contributed by atoms with E-state index in [9.17, 15) is 0 Å². The van der Waals surface area contributed by atoms with E-state index in [-0.39, 0.29) is 24.8 Å². The predicted octanol–water partition coefficient (Wildman–Crippen LogP) is 6.24. The maximum Gasteiger partial charge on any atom is 0.227 e. The minimum absolute atomic E-state index is 0. The summed E-state index contributed by atoms with van der Waals surface area (Å²) in [5.74, 6) is 1.61. The Balaban J connectivity index is 0.00000193. The lowest BCUT2D eigenvalue weighted by molar-refractivity contribution is 0.410. The summed E-state index contributed by atoms with van der Waals surface area (Å²) in [7, 11) is 0. The first-order chi connectivity index (χ1) is 15.2. The van der Waals surface area contributed by atoms with Gasteiger partial charge in [0.1, 0.15) is 0 Å². The van der Waals surface area contributed by atoms with Gasteiger partial charge in [0.05, 0.1) is 6.33 Å². The molecule has 188 valence electrons. The number of halogens is 2. The van der Waals surface area contributed by atoms with E-state index < -0.39 is 0 Å². The molecule has 2 aromatic heterocycles. The number of fused-ring (bicyclic) bond motifs is 1. The third kappa shape index (κ3) is 7.59. The molecule has 0 aliphatic heterocycles. The van der Waals surface area contributed by atoms with Gasteiger partial charge in [0.2, 0.25) is 5.95 Å². The van der Waals surface area contributed by atoms with Gasteiger partial charge in [-0.05, 0) is 44.9 Å². The van der Waals surface area contributed by atoms with Crippen molar-refractivity contribution in [3.8, 4) is 0 Å². The molecule has 2 fully saturated rings. The number of hydrogen-bond donors (Lipinski definition) is 3. The molecule has 0 atom stereocenters. The van der Waals surface area contributed by atoms with E-state index in [4.69, 9.17) is 20.7 Å². The summed E-state index contributed by atoms with van der Waals surface area (Å²) in [5.41, 5.74) is 7.98. The van der Waals surface area contributed by atoms with Gasteiger partial charge in [0, 0.05) is 24.7 Å². The van der Waals surface area contributed by atoms with E-state index in [1.165, 1.54) is 64.2 Å². The Morgan fingerprint density at radius 1 is 0.939 bits per heavy atom. The van der Waals surface area contributed by atoms with Crippen LogP contribution in [0, 0.1) is 0 Å². The van der Waals surface area contributed by atoms with Crippen molar-refractivity contribution >= 4 is 47.7 Å². The van der Waals surface area contributed by atoms with Gasteiger partial charge in [-0.15, -0.1) is 24.8 Å². The maximum absolute atomic E-state index is 6.09. The standard InChI is InChI=1S/C24H41N7.2ClH/c1-2-3-4-5-6-9-16-26-22-21-23(31(17-27-21)20-10-7-8-11-20)30-24(29-22)28-19-14-12-18(25)13-15-19;;/h17-20H,2-16,25H2,1H3,(H2,26,28,29,30);2*1H. The number of anilines is 2. The van der Waals surface area contributed by atoms with Crippen molar-refractivity contribution in [3.63, 3.8) is 0 Å². The Kier molecular flexibility index (Phi) is 12.0. The molecule has 2 aliphatic rings. The summed E-state index contributed by atoms with van der Waals surface area (Å²) in [6, 6.07) is 1.28. The molecule has 2 heterocycles. The van der Waals surface area contributed by atoms with Gasteiger partial charge in [-0.3, -0.25) is 0 Å². The van der Waals surface area contributed by atoms with Gasteiger partial charge in [0.15, 0.2) is 17.0 Å². The van der Waals surface area contributed by atoms with Crippen LogP contribution in [0.25, 0.3) is 11.2 Å². The molecule has 4 rings (SSSR count). The normalized spacial score (nSPS) is 20.9. The zero-order valence-corrected chi connectivity index (χ0v) is 21.7. The van der Waals surface area contributed by atoms with Crippen molar-refractivity contribution in [2.45, 2.75) is 115 Å². The zero-order valence-electron chi connectivity index (χ0n) is 20.1. The van der Waals surface area contributed by atoms with E-state index in [1.54, 1.807) is 0 Å². The third-order valence-electron chi connectivity index (χ3n) is 7.07. The van der Waals surface area contributed by atoms with Gasteiger partial charge in [-0.1, -0.05) is 51.9 Å². The first-order valence-corrected chi connectivity index (χ1v) is 12.7. The van der Waals surface area contributed by atoms with Crippen LogP contribution in [-0.2, 0) is 0 Å². The minimum atomic E-state index is 0. The largest absolute Gasteiger partial charge is 0.368 e. The molecule has 2 aromatic rings. The summed E-state index contributed by atoms with van der Waals surface area (Å²) in [4.78, 5) is 14.5. The number of nitrogens with zero attached hydrogens (tertiary/aromatic N) is 4. The monoisotopic (exact) mass is 499 g/mol. The summed E-state index contributed by atoms with van der Waals surface area (Å²) >= 11 is 0. The second-order valence-corrected chi connectivity index (χ2v) is 9.61. The first-order valence-electron chi connectivity index (χ1n) is 12.7. The van der Waals surface area contributed by atoms with Gasteiger partial charge in [0.25, 0.3) is 0 Å². The van der Waals surface area contributed by atoms with E-state index in [0.29, 0.717) is 18.1 Å².